The van der Waals surface area contributed by atoms with Gasteiger partial charge in [0.15, 0.2) is 5.66 Å². The van der Waals surface area contributed by atoms with Crippen LogP contribution < -0.4 is 5.32 Å². The van der Waals surface area contributed by atoms with Gasteiger partial charge in [-0.3, -0.25) is 4.79 Å². The number of nitrogens with zero attached hydrogens (tertiary/aromatic N) is 4. The standard InChI is InChI=1S/C17H23N5O/c1-3-4-8-17(20-21-17)9-7-16(23)19-14(13-5-6-13)12-15-18-10-11-22(15)2/h1,10-11,13-14H,4-9,12H2,2H3,(H,19,23). The van der Waals surface area contributed by atoms with E-state index in [1.165, 1.54) is 12.8 Å². The number of aromatic nitrogens is 2. The van der Waals surface area contributed by atoms with Crippen LogP contribution in [0.4, 0.5) is 0 Å². The van der Waals surface area contributed by atoms with Crippen molar-refractivity contribution in [2.75, 3.05) is 0 Å². The van der Waals surface area contributed by atoms with E-state index < -0.39 is 0 Å². The van der Waals surface area contributed by atoms with Crippen LogP contribution in [0.15, 0.2) is 22.6 Å². The Kier molecular flexibility index (Phi) is 4.46. The molecule has 0 saturated heterocycles. The van der Waals surface area contributed by atoms with Crippen molar-refractivity contribution in [3.05, 3.63) is 18.2 Å². The van der Waals surface area contributed by atoms with E-state index in [-0.39, 0.29) is 17.6 Å². The minimum absolute atomic E-state index is 0.0773. The van der Waals surface area contributed by atoms with Gasteiger partial charge in [0, 0.05) is 57.6 Å². The highest BCUT2D eigenvalue weighted by molar-refractivity contribution is 5.76. The lowest BCUT2D eigenvalue weighted by atomic mass is 10.0. The van der Waals surface area contributed by atoms with Crippen LogP contribution in [-0.4, -0.2) is 27.2 Å². The molecule has 1 atom stereocenters. The summed E-state index contributed by atoms with van der Waals surface area (Å²) in [6.45, 7) is 0. The molecule has 0 spiro atoms. The Hall–Kier alpha value is -2.16. The average molecular weight is 313 g/mol. The number of hydrogen-bond donors (Lipinski definition) is 1. The molecule has 1 fully saturated rings. The maximum absolute atomic E-state index is 12.3. The molecule has 1 aliphatic carbocycles. The predicted octanol–water partition coefficient (Wildman–Crippen LogP) is 2.21. The van der Waals surface area contributed by atoms with E-state index in [1.807, 2.05) is 17.8 Å². The Morgan fingerprint density at radius 2 is 2.30 bits per heavy atom. The summed E-state index contributed by atoms with van der Waals surface area (Å²) in [5, 5.41) is 11.3. The second-order valence-corrected chi connectivity index (χ2v) is 6.56. The van der Waals surface area contributed by atoms with Gasteiger partial charge in [0.2, 0.25) is 5.91 Å². The number of rotatable bonds is 9. The van der Waals surface area contributed by atoms with E-state index in [0.29, 0.717) is 25.2 Å². The highest BCUT2D eigenvalue weighted by Crippen LogP contribution is 2.38. The fourth-order valence-electron chi connectivity index (χ4n) is 2.88. The maximum atomic E-state index is 12.3. The van der Waals surface area contributed by atoms with Crippen molar-refractivity contribution in [1.29, 1.82) is 0 Å². The van der Waals surface area contributed by atoms with Crippen LogP contribution in [-0.2, 0) is 18.3 Å². The minimum Gasteiger partial charge on any atom is -0.353 e. The van der Waals surface area contributed by atoms with Gasteiger partial charge in [-0.15, -0.1) is 12.3 Å². The molecule has 1 aromatic heterocycles. The number of amides is 1. The third kappa shape index (κ3) is 4.19. The first kappa shape index (κ1) is 15.7. The van der Waals surface area contributed by atoms with Crippen LogP contribution >= 0.6 is 0 Å². The monoisotopic (exact) mass is 313 g/mol. The summed E-state index contributed by atoms with van der Waals surface area (Å²) in [6.07, 6.45) is 14.7. The van der Waals surface area contributed by atoms with E-state index in [4.69, 9.17) is 6.42 Å². The van der Waals surface area contributed by atoms with Crippen molar-refractivity contribution < 1.29 is 4.79 Å². The highest BCUT2D eigenvalue weighted by atomic mass is 16.1. The molecule has 1 N–H and O–H groups in total. The number of carbonyl (C=O) groups excluding carboxylic acids is 1. The molecule has 1 unspecified atom stereocenters. The first-order chi connectivity index (χ1) is 11.1. The number of imidazole rings is 1. The summed E-state index contributed by atoms with van der Waals surface area (Å²) in [5.74, 6) is 4.28. The number of hydrogen-bond acceptors (Lipinski definition) is 4. The van der Waals surface area contributed by atoms with Crippen molar-refractivity contribution in [2.45, 2.75) is 56.7 Å². The maximum Gasteiger partial charge on any atom is 0.220 e. The van der Waals surface area contributed by atoms with Crippen molar-refractivity contribution in [3.63, 3.8) is 0 Å². The third-order valence-electron chi connectivity index (χ3n) is 4.67. The van der Waals surface area contributed by atoms with Crippen LogP contribution in [0.25, 0.3) is 0 Å². The average Bonchev–Trinajstić information content (AvgIpc) is 3.45. The molecule has 1 aromatic rings. The van der Waals surface area contributed by atoms with E-state index >= 15 is 0 Å². The summed E-state index contributed by atoms with van der Waals surface area (Å²) >= 11 is 0. The topological polar surface area (TPSA) is 71.6 Å². The van der Waals surface area contributed by atoms with Gasteiger partial charge >= 0.3 is 0 Å². The van der Waals surface area contributed by atoms with E-state index in [1.54, 1.807) is 6.20 Å². The SMILES string of the molecule is C#CCCC1(CCC(=O)NC(Cc2nccn2C)C2CC2)N=N1. The molecule has 2 heterocycles. The summed E-state index contributed by atoms with van der Waals surface area (Å²) in [6, 6.07) is 0.179. The zero-order valence-corrected chi connectivity index (χ0v) is 13.5. The fraction of sp³-hybridized carbons (Fsp3) is 0.647. The second kappa shape index (κ2) is 6.53. The van der Waals surface area contributed by atoms with Crippen LogP contribution in [0, 0.1) is 18.3 Å². The molecule has 0 bridgehead atoms. The third-order valence-corrected chi connectivity index (χ3v) is 4.67. The Labute approximate surface area is 136 Å². The van der Waals surface area contributed by atoms with E-state index in [0.717, 1.165) is 18.7 Å². The van der Waals surface area contributed by atoms with Gasteiger partial charge in [-0.2, -0.15) is 10.2 Å². The van der Waals surface area contributed by atoms with Crippen LogP contribution in [0.2, 0.25) is 0 Å². The molecule has 1 saturated carbocycles. The molecule has 3 rings (SSSR count). The minimum atomic E-state index is -0.377. The largest absolute Gasteiger partial charge is 0.353 e. The van der Waals surface area contributed by atoms with Crippen LogP contribution in [0.5, 0.6) is 0 Å². The molecule has 23 heavy (non-hydrogen) atoms. The number of terminal acetylenes is 1. The Morgan fingerprint density at radius 3 is 2.87 bits per heavy atom. The predicted molar refractivity (Wildman–Crippen MR) is 86.5 cm³/mol. The van der Waals surface area contributed by atoms with E-state index in [2.05, 4.69) is 26.4 Å². The lowest BCUT2D eigenvalue weighted by molar-refractivity contribution is -0.122. The molecular weight excluding hydrogens is 290 g/mol. The molecule has 6 nitrogen and oxygen atoms in total. The van der Waals surface area contributed by atoms with E-state index in [9.17, 15) is 4.79 Å². The van der Waals surface area contributed by atoms with Crippen LogP contribution in [0.1, 0.15) is 44.3 Å². The van der Waals surface area contributed by atoms with Gasteiger partial charge in [-0.1, -0.05) is 0 Å². The van der Waals surface area contributed by atoms with Gasteiger partial charge in [0.25, 0.3) is 0 Å². The molecule has 0 aromatic carbocycles. The van der Waals surface area contributed by atoms with Crippen LogP contribution in [0.3, 0.4) is 0 Å². The van der Waals surface area contributed by atoms with Crippen molar-refractivity contribution in [2.24, 2.45) is 23.2 Å². The zero-order chi connectivity index (χ0) is 16.3. The molecule has 1 aliphatic heterocycles. The van der Waals surface area contributed by atoms with Gasteiger partial charge in [-0.25, -0.2) is 4.98 Å². The fourth-order valence-corrected chi connectivity index (χ4v) is 2.88. The Balaban J connectivity index is 1.47. The lowest BCUT2D eigenvalue weighted by Gasteiger charge is -2.18. The summed E-state index contributed by atoms with van der Waals surface area (Å²) in [7, 11) is 1.99. The van der Waals surface area contributed by atoms with Gasteiger partial charge in [0.1, 0.15) is 5.82 Å². The summed E-state index contributed by atoms with van der Waals surface area (Å²) in [5.41, 5.74) is -0.377. The van der Waals surface area contributed by atoms with Crippen molar-refractivity contribution >= 4 is 5.91 Å². The Bertz CT molecular complexity index is 632. The van der Waals surface area contributed by atoms with Crippen molar-refractivity contribution in [3.8, 4) is 12.3 Å². The molecule has 0 radical (unpaired) electrons. The molecule has 122 valence electrons. The molecule has 6 heteroatoms. The highest BCUT2D eigenvalue weighted by Gasteiger charge is 2.40. The summed E-state index contributed by atoms with van der Waals surface area (Å²) in [4.78, 5) is 16.7. The number of aryl methyl sites for hydroxylation is 1. The first-order valence-electron chi connectivity index (χ1n) is 8.25. The second-order valence-electron chi connectivity index (χ2n) is 6.56. The zero-order valence-electron chi connectivity index (χ0n) is 13.5. The van der Waals surface area contributed by atoms with Gasteiger partial charge in [-0.05, 0) is 18.8 Å². The first-order valence-corrected chi connectivity index (χ1v) is 8.25. The number of nitrogens with one attached hydrogen (secondary N) is 1. The van der Waals surface area contributed by atoms with Crippen molar-refractivity contribution in [1.82, 2.24) is 14.9 Å². The normalized spacial score (nSPS) is 19.1. The molecule has 2 aliphatic rings. The summed E-state index contributed by atoms with van der Waals surface area (Å²) < 4.78 is 2.01. The smallest absolute Gasteiger partial charge is 0.220 e. The number of carbonyl (C=O) groups is 1. The molecular formula is C17H23N5O. The lowest BCUT2D eigenvalue weighted by Crippen LogP contribution is -2.39. The van der Waals surface area contributed by atoms with Gasteiger partial charge < -0.3 is 9.88 Å². The molecule has 1 amide bonds. The quantitative estimate of drug-likeness (QED) is 0.710. The Morgan fingerprint density at radius 1 is 1.52 bits per heavy atom. The van der Waals surface area contributed by atoms with Gasteiger partial charge in [0.05, 0.1) is 0 Å².